The molecule has 3 amide bonds. The molecule has 0 fully saturated rings. The summed E-state index contributed by atoms with van der Waals surface area (Å²) in [7, 11) is 0. The van der Waals surface area contributed by atoms with Gasteiger partial charge in [0.25, 0.3) is 5.91 Å². The van der Waals surface area contributed by atoms with Gasteiger partial charge >= 0.3 is 6.03 Å². The standard InChI is InChI=1S/C14H20BrN3O3/c1-8(2)17-6-10-5-11(15)4-9(3)13(10)21-7-12(19)18-14(16)20/h4-5,8,17H,6-7H2,1-3H3,(H3,16,18,19,20). The Morgan fingerprint density at radius 1 is 1.38 bits per heavy atom. The van der Waals surface area contributed by atoms with Gasteiger partial charge in [0.1, 0.15) is 5.75 Å². The van der Waals surface area contributed by atoms with Gasteiger partial charge in [-0.05, 0) is 24.6 Å². The van der Waals surface area contributed by atoms with Crippen molar-refractivity contribution in [3.8, 4) is 5.75 Å². The smallest absolute Gasteiger partial charge is 0.318 e. The molecule has 1 aromatic carbocycles. The van der Waals surface area contributed by atoms with Crippen LogP contribution in [0.5, 0.6) is 5.75 Å². The van der Waals surface area contributed by atoms with Crippen LogP contribution >= 0.6 is 15.9 Å². The van der Waals surface area contributed by atoms with Crippen molar-refractivity contribution in [2.75, 3.05) is 6.61 Å². The fraction of sp³-hybridized carbons (Fsp3) is 0.429. The minimum Gasteiger partial charge on any atom is -0.483 e. The molecule has 0 bridgehead atoms. The van der Waals surface area contributed by atoms with Gasteiger partial charge in [-0.15, -0.1) is 0 Å². The van der Waals surface area contributed by atoms with E-state index in [1.165, 1.54) is 0 Å². The molecular weight excluding hydrogens is 338 g/mol. The van der Waals surface area contributed by atoms with Crippen molar-refractivity contribution in [2.24, 2.45) is 5.73 Å². The molecule has 116 valence electrons. The van der Waals surface area contributed by atoms with Crippen LogP contribution < -0.4 is 21.1 Å². The quantitative estimate of drug-likeness (QED) is 0.723. The number of urea groups is 1. The van der Waals surface area contributed by atoms with Gasteiger partial charge < -0.3 is 15.8 Å². The summed E-state index contributed by atoms with van der Waals surface area (Å²) in [4.78, 5) is 22.0. The third kappa shape index (κ3) is 6.14. The summed E-state index contributed by atoms with van der Waals surface area (Å²) in [5.41, 5.74) is 6.71. The molecule has 21 heavy (non-hydrogen) atoms. The molecule has 0 saturated heterocycles. The number of nitrogens with two attached hydrogens (primary N) is 1. The number of rotatable bonds is 6. The SMILES string of the molecule is Cc1cc(Br)cc(CNC(C)C)c1OCC(=O)NC(N)=O. The van der Waals surface area contributed by atoms with Crippen molar-refractivity contribution in [3.63, 3.8) is 0 Å². The zero-order chi connectivity index (χ0) is 16.0. The maximum absolute atomic E-state index is 11.4. The van der Waals surface area contributed by atoms with Crippen LogP contribution in [0, 0.1) is 6.92 Å². The fourth-order valence-electron chi connectivity index (χ4n) is 1.76. The maximum Gasteiger partial charge on any atom is 0.318 e. The van der Waals surface area contributed by atoms with Crippen molar-refractivity contribution in [2.45, 2.75) is 33.4 Å². The summed E-state index contributed by atoms with van der Waals surface area (Å²) in [6.07, 6.45) is 0. The minimum absolute atomic E-state index is 0.264. The number of halogens is 1. The molecule has 0 unspecified atom stereocenters. The third-order valence-corrected chi connectivity index (χ3v) is 3.09. The first kappa shape index (κ1) is 17.5. The number of hydrogen-bond acceptors (Lipinski definition) is 4. The Morgan fingerprint density at radius 2 is 2.05 bits per heavy atom. The Bertz CT molecular complexity index is 532. The van der Waals surface area contributed by atoms with Gasteiger partial charge in [-0.25, -0.2) is 4.79 Å². The molecule has 1 aromatic rings. The lowest BCUT2D eigenvalue weighted by Gasteiger charge is -2.16. The van der Waals surface area contributed by atoms with Crippen LogP contribution in [-0.4, -0.2) is 24.6 Å². The third-order valence-electron chi connectivity index (χ3n) is 2.63. The topological polar surface area (TPSA) is 93.4 Å². The second-order valence-electron chi connectivity index (χ2n) is 4.95. The highest BCUT2D eigenvalue weighted by Gasteiger charge is 2.12. The van der Waals surface area contributed by atoms with Crippen LogP contribution in [0.25, 0.3) is 0 Å². The largest absolute Gasteiger partial charge is 0.483 e. The lowest BCUT2D eigenvalue weighted by molar-refractivity contribution is -0.121. The molecule has 0 saturated carbocycles. The molecule has 7 heteroatoms. The summed E-state index contributed by atoms with van der Waals surface area (Å²) < 4.78 is 6.48. The zero-order valence-electron chi connectivity index (χ0n) is 12.3. The normalized spacial score (nSPS) is 10.5. The van der Waals surface area contributed by atoms with Crippen molar-refractivity contribution in [1.82, 2.24) is 10.6 Å². The van der Waals surface area contributed by atoms with E-state index in [2.05, 4.69) is 21.2 Å². The zero-order valence-corrected chi connectivity index (χ0v) is 13.9. The van der Waals surface area contributed by atoms with E-state index in [-0.39, 0.29) is 6.61 Å². The summed E-state index contributed by atoms with van der Waals surface area (Å²) in [6, 6.07) is 3.28. The Labute approximate surface area is 132 Å². The molecule has 0 aliphatic carbocycles. The van der Waals surface area contributed by atoms with Gasteiger partial charge in [-0.2, -0.15) is 0 Å². The lowest BCUT2D eigenvalue weighted by atomic mass is 10.1. The van der Waals surface area contributed by atoms with Crippen LogP contribution in [-0.2, 0) is 11.3 Å². The molecule has 0 spiro atoms. The minimum atomic E-state index is -0.891. The van der Waals surface area contributed by atoms with Gasteiger partial charge in [0.05, 0.1) is 0 Å². The number of carbonyl (C=O) groups excluding carboxylic acids is 2. The van der Waals surface area contributed by atoms with Gasteiger partial charge in [-0.1, -0.05) is 29.8 Å². The summed E-state index contributed by atoms with van der Waals surface area (Å²) in [6.45, 7) is 6.34. The number of nitrogens with one attached hydrogen (secondary N) is 2. The number of hydrogen-bond donors (Lipinski definition) is 3. The Kier molecular flexibility index (Phi) is 6.64. The molecule has 0 aliphatic rings. The fourth-order valence-corrected chi connectivity index (χ4v) is 2.38. The van der Waals surface area contributed by atoms with E-state index < -0.39 is 11.9 Å². The lowest BCUT2D eigenvalue weighted by Crippen LogP contribution is -2.38. The van der Waals surface area contributed by atoms with Crippen LogP contribution in [0.15, 0.2) is 16.6 Å². The van der Waals surface area contributed by atoms with Crippen molar-refractivity contribution >= 4 is 27.9 Å². The first-order valence-electron chi connectivity index (χ1n) is 6.54. The predicted octanol–water partition coefficient (Wildman–Crippen LogP) is 1.83. The average Bonchev–Trinajstić information content (AvgIpc) is 2.33. The van der Waals surface area contributed by atoms with E-state index in [0.717, 1.165) is 15.6 Å². The number of aryl methyl sites for hydroxylation is 1. The predicted molar refractivity (Wildman–Crippen MR) is 84.1 cm³/mol. The van der Waals surface area contributed by atoms with Gasteiger partial charge in [-0.3, -0.25) is 10.1 Å². The molecule has 0 atom stereocenters. The number of imide groups is 1. The highest BCUT2D eigenvalue weighted by molar-refractivity contribution is 9.10. The molecule has 6 nitrogen and oxygen atoms in total. The molecule has 1 rings (SSSR count). The van der Waals surface area contributed by atoms with Crippen LogP contribution in [0.4, 0.5) is 4.79 Å². The monoisotopic (exact) mass is 357 g/mol. The van der Waals surface area contributed by atoms with E-state index in [1.54, 1.807) is 0 Å². The number of carbonyl (C=O) groups is 2. The first-order valence-corrected chi connectivity index (χ1v) is 7.33. The Balaban J connectivity index is 2.83. The van der Waals surface area contributed by atoms with E-state index in [4.69, 9.17) is 10.5 Å². The molecular formula is C14H20BrN3O3. The van der Waals surface area contributed by atoms with Crippen molar-refractivity contribution in [1.29, 1.82) is 0 Å². The molecule has 4 N–H and O–H groups in total. The highest BCUT2D eigenvalue weighted by Crippen LogP contribution is 2.28. The summed E-state index contributed by atoms with van der Waals surface area (Å²) in [5, 5.41) is 5.26. The van der Waals surface area contributed by atoms with E-state index in [1.807, 2.05) is 38.2 Å². The van der Waals surface area contributed by atoms with E-state index in [0.29, 0.717) is 18.3 Å². The van der Waals surface area contributed by atoms with Crippen molar-refractivity contribution in [3.05, 3.63) is 27.7 Å². The van der Waals surface area contributed by atoms with E-state index in [9.17, 15) is 9.59 Å². The van der Waals surface area contributed by atoms with Crippen LogP contribution in [0.1, 0.15) is 25.0 Å². The van der Waals surface area contributed by atoms with Gasteiger partial charge in [0.2, 0.25) is 0 Å². The second kappa shape index (κ2) is 7.99. The highest BCUT2D eigenvalue weighted by atomic mass is 79.9. The molecule has 0 aromatic heterocycles. The number of primary amides is 1. The van der Waals surface area contributed by atoms with Crippen LogP contribution in [0.3, 0.4) is 0 Å². The second-order valence-corrected chi connectivity index (χ2v) is 5.86. The molecule has 0 radical (unpaired) electrons. The van der Waals surface area contributed by atoms with Crippen LogP contribution in [0.2, 0.25) is 0 Å². The summed E-state index contributed by atoms with van der Waals surface area (Å²) in [5.74, 6) is 0.0542. The first-order chi connectivity index (χ1) is 9.79. The molecule has 0 aliphatic heterocycles. The maximum atomic E-state index is 11.4. The number of amides is 3. The summed E-state index contributed by atoms with van der Waals surface area (Å²) >= 11 is 3.44. The molecule has 0 heterocycles. The Hall–Kier alpha value is -1.60. The van der Waals surface area contributed by atoms with Gasteiger partial charge in [0, 0.05) is 22.6 Å². The Morgan fingerprint density at radius 3 is 2.62 bits per heavy atom. The van der Waals surface area contributed by atoms with Crippen molar-refractivity contribution < 1.29 is 14.3 Å². The number of benzene rings is 1. The average molecular weight is 358 g/mol. The number of ether oxygens (including phenoxy) is 1. The van der Waals surface area contributed by atoms with E-state index >= 15 is 0 Å². The van der Waals surface area contributed by atoms with Gasteiger partial charge in [0.15, 0.2) is 6.61 Å².